The van der Waals surface area contributed by atoms with E-state index in [-0.39, 0.29) is 11.4 Å². The summed E-state index contributed by atoms with van der Waals surface area (Å²) >= 11 is 0. The molecule has 0 aliphatic heterocycles. The lowest BCUT2D eigenvalue weighted by atomic mass is 10.2. The summed E-state index contributed by atoms with van der Waals surface area (Å²) in [4.78, 5) is 30.9. The van der Waals surface area contributed by atoms with Gasteiger partial charge in [0, 0.05) is 57.1 Å². The molecule has 0 aromatic carbocycles. The maximum absolute atomic E-state index is 11.3. The highest BCUT2D eigenvalue weighted by molar-refractivity contribution is 5.86. The molecule has 2 rings (SSSR count). The number of carboxylic acids is 2. The van der Waals surface area contributed by atoms with Crippen LogP contribution in [0.15, 0.2) is 24.3 Å². The van der Waals surface area contributed by atoms with E-state index in [2.05, 4.69) is 31.2 Å². The molecule has 12 nitrogen and oxygen atoms in total. The van der Waals surface area contributed by atoms with Gasteiger partial charge in [0.1, 0.15) is 24.7 Å². The Morgan fingerprint density at radius 3 is 1.58 bits per heavy atom. The largest absolute Gasteiger partial charge is 0.492 e. The standard InChI is InChI=1S/C21H30N6O6/c1-22-3-5-32-16-7-14(26-18(9-16)20(28)29)11-24-13-25-12-15-8-17(33-6-4-23-2)10-19(27-15)21(30)31/h7-10,22-25H,3-6,11-13H2,1-2H3,(H,28,29)(H,30,31). The van der Waals surface area contributed by atoms with Gasteiger partial charge < -0.3 is 30.3 Å². The molecule has 0 saturated heterocycles. The minimum Gasteiger partial charge on any atom is -0.492 e. The quantitative estimate of drug-likeness (QED) is 0.145. The van der Waals surface area contributed by atoms with Crippen LogP contribution in [0.2, 0.25) is 0 Å². The Bertz CT molecular complexity index is 853. The molecule has 0 unspecified atom stereocenters. The number of aromatic carboxylic acids is 2. The SMILES string of the molecule is CNCCOc1cc(CNCNCc2cc(OCCNC)cc(C(=O)O)n2)nc(C(=O)O)c1. The molecule has 0 saturated carbocycles. The van der Waals surface area contributed by atoms with E-state index in [9.17, 15) is 19.8 Å². The van der Waals surface area contributed by atoms with Gasteiger partial charge in [-0.25, -0.2) is 19.6 Å². The van der Waals surface area contributed by atoms with Crippen LogP contribution in [0.25, 0.3) is 0 Å². The van der Waals surface area contributed by atoms with E-state index in [0.717, 1.165) is 0 Å². The summed E-state index contributed by atoms with van der Waals surface area (Å²) in [6.07, 6.45) is 0. The molecule has 0 fully saturated rings. The third-order valence-electron chi connectivity index (χ3n) is 4.25. The lowest BCUT2D eigenvalue weighted by Gasteiger charge is -2.11. The molecule has 0 aliphatic carbocycles. The summed E-state index contributed by atoms with van der Waals surface area (Å²) in [5.74, 6) is -1.40. The lowest BCUT2D eigenvalue weighted by molar-refractivity contribution is 0.0679. The molecule has 0 radical (unpaired) electrons. The van der Waals surface area contributed by atoms with Gasteiger partial charge in [-0.3, -0.25) is 10.6 Å². The lowest BCUT2D eigenvalue weighted by Crippen LogP contribution is -2.29. The number of hydrogen-bond donors (Lipinski definition) is 6. The molecule has 180 valence electrons. The zero-order valence-corrected chi connectivity index (χ0v) is 18.7. The summed E-state index contributed by atoms with van der Waals surface area (Å²) in [6, 6.07) is 6.14. The van der Waals surface area contributed by atoms with Crippen LogP contribution in [-0.4, -0.2) is 79.2 Å². The van der Waals surface area contributed by atoms with Crippen molar-refractivity contribution in [1.29, 1.82) is 0 Å². The zero-order valence-electron chi connectivity index (χ0n) is 18.7. The zero-order chi connectivity index (χ0) is 24.1. The Labute approximate surface area is 191 Å². The summed E-state index contributed by atoms with van der Waals surface area (Å²) in [5, 5.41) is 30.7. The van der Waals surface area contributed by atoms with Crippen LogP contribution < -0.4 is 30.7 Å². The van der Waals surface area contributed by atoms with Crippen LogP contribution in [-0.2, 0) is 13.1 Å². The van der Waals surface area contributed by atoms with E-state index in [1.165, 1.54) is 12.1 Å². The number of rotatable bonds is 16. The van der Waals surface area contributed by atoms with Gasteiger partial charge in [0.2, 0.25) is 0 Å². The van der Waals surface area contributed by atoms with Crippen LogP contribution in [0.1, 0.15) is 32.4 Å². The predicted molar refractivity (Wildman–Crippen MR) is 120 cm³/mol. The second-order valence-electron chi connectivity index (χ2n) is 6.90. The van der Waals surface area contributed by atoms with Crippen LogP contribution in [0.5, 0.6) is 11.5 Å². The number of ether oxygens (including phenoxy) is 2. The van der Waals surface area contributed by atoms with Crippen molar-refractivity contribution >= 4 is 11.9 Å². The first kappa shape index (κ1) is 25.9. The van der Waals surface area contributed by atoms with Gasteiger partial charge in [-0.2, -0.15) is 0 Å². The Morgan fingerprint density at radius 2 is 1.21 bits per heavy atom. The van der Waals surface area contributed by atoms with E-state index >= 15 is 0 Å². The average molecular weight is 463 g/mol. The molecule has 2 aromatic rings. The van der Waals surface area contributed by atoms with Crippen LogP contribution in [0, 0.1) is 0 Å². The molecule has 33 heavy (non-hydrogen) atoms. The first-order chi connectivity index (χ1) is 15.9. The highest BCUT2D eigenvalue weighted by Gasteiger charge is 2.11. The number of aromatic nitrogens is 2. The highest BCUT2D eigenvalue weighted by atomic mass is 16.5. The molecule has 12 heteroatoms. The average Bonchev–Trinajstić information content (AvgIpc) is 2.79. The smallest absolute Gasteiger partial charge is 0.354 e. The third kappa shape index (κ3) is 9.37. The number of likely N-dealkylation sites (N-methyl/N-ethyl adjacent to an activating group) is 2. The summed E-state index contributed by atoms with van der Waals surface area (Å²) in [6.45, 7) is 3.01. The third-order valence-corrected chi connectivity index (χ3v) is 4.25. The van der Waals surface area contributed by atoms with Crippen molar-refractivity contribution in [3.05, 3.63) is 47.0 Å². The van der Waals surface area contributed by atoms with Gasteiger partial charge in [0.05, 0.1) is 11.4 Å². The van der Waals surface area contributed by atoms with Crippen LogP contribution in [0.4, 0.5) is 0 Å². The first-order valence-electron chi connectivity index (χ1n) is 10.4. The Kier molecular flexibility index (Phi) is 11.0. The first-order valence-corrected chi connectivity index (χ1v) is 10.4. The van der Waals surface area contributed by atoms with E-state index in [4.69, 9.17) is 9.47 Å². The van der Waals surface area contributed by atoms with Crippen molar-refractivity contribution < 1.29 is 29.3 Å². The molecule has 0 amide bonds. The monoisotopic (exact) mass is 462 g/mol. The molecule has 0 bridgehead atoms. The fourth-order valence-electron chi connectivity index (χ4n) is 2.70. The number of hydrogen-bond acceptors (Lipinski definition) is 10. The molecular weight excluding hydrogens is 432 g/mol. The van der Waals surface area contributed by atoms with Crippen molar-refractivity contribution in [3.8, 4) is 11.5 Å². The van der Waals surface area contributed by atoms with E-state index in [0.29, 0.717) is 68.9 Å². The number of carbonyl (C=O) groups is 2. The van der Waals surface area contributed by atoms with E-state index in [1.54, 1.807) is 26.2 Å². The van der Waals surface area contributed by atoms with E-state index < -0.39 is 11.9 Å². The Hall–Kier alpha value is -3.32. The number of nitrogens with zero attached hydrogens (tertiary/aromatic N) is 2. The maximum atomic E-state index is 11.3. The second kappa shape index (κ2) is 14.0. The second-order valence-corrected chi connectivity index (χ2v) is 6.90. The van der Waals surface area contributed by atoms with Crippen molar-refractivity contribution in [2.75, 3.05) is 47.1 Å². The van der Waals surface area contributed by atoms with Gasteiger partial charge in [-0.1, -0.05) is 0 Å². The number of pyridine rings is 2. The molecule has 0 aliphatic rings. The Morgan fingerprint density at radius 1 is 0.788 bits per heavy atom. The van der Waals surface area contributed by atoms with Crippen LogP contribution in [0.3, 0.4) is 0 Å². The minimum atomic E-state index is -1.13. The van der Waals surface area contributed by atoms with Crippen molar-refractivity contribution in [1.82, 2.24) is 31.2 Å². The Balaban J connectivity index is 1.90. The summed E-state index contributed by atoms with van der Waals surface area (Å²) < 4.78 is 11.1. The molecular formula is C21H30N6O6. The molecule has 6 N–H and O–H groups in total. The topological polar surface area (TPSA) is 167 Å². The molecule has 2 heterocycles. The fraction of sp³-hybridized carbons (Fsp3) is 0.429. The number of nitrogens with one attached hydrogen (secondary N) is 4. The van der Waals surface area contributed by atoms with Gasteiger partial charge in [0.15, 0.2) is 11.4 Å². The van der Waals surface area contributed by atoms with Crippen molar-refractivity contribution in [2.24, 2.45) is 0 Å². The van der Waals surface area contributed by atoms with Gasteiger partial charge >= 0.3 is 11.9 Å². The summed E-state index contributed by atoms with van der Waals surface area (Å²) in [5.41, 5.74) is 0.842. The van der Waals surface area contributed by atoms with Crippen LogP contribution >= 0.6 is 0 Å². The molecule has 2 aromatic heterocycles. The van der Waals surface area contributed by atoms with Gasteiger partial charge in [-0.05, 0) is 14.1 Å². The maximum Gasteiger partial charge on any atom is 0.354 e. The normalized spacial score (nSPS) is 10.7. The molecule has 0 spiro atoms. The van der Waals surface area contributed by atoms with Gasteiger partial charge in [0.25, 0.3) is 0 Å². The van der Waals surface area contributed by atoms with Crippen molar-refractivity contribution in [2.45, 2.75) is 13.1 Å². The minimum absolute atomic E-state index is 0.0952. The highest BCUT2D eigenvalue weighted by Crippen LogP contribution is 2.16. The molecule has 0 atom stereocenters. The van der Waals surface area contributed by atoms with Gasteiger partial charge in [-0.15, -0.1) is 0 Å². The fourth-order valence-corrected chi connectivity index (χ4v) is 2.70. The van der Waals surface area contributed by atoms with E-state index in [1.807, 2.05) is 0 Å². The predicted octanol–water partition coefficient (Wildman–Crippen LogP) is -0.0937. The summed E-state index contributed by atoms with van der Waals surface area (Å²) in [7, 11) is 3.60. The van der Waals surface area contributed by atoms with Crippen molar-refractivity contribution in [3.63, 3.8) is 0 Å². The number of carboxylic acid groups (broad SMARTS) is 2.